The Kier molecular flexibility index (Phi) is 6.26. The molecule has 1 saturated heterocycles. The van der Waals surface area contributed by atoms with Gasteiger partial charge in [-0.15, -0.1) is 0 Å². The molecule has 0 bridgehead atoms. The molecule has 1 aliphatic rings. The van der Waals surface area contributed by atoms with Crippen molar-refractivity contribution in [2.75, 3.05) is 13.1 Å². The molecule has 0 aromatic heterocycles. The van der Waals surface area contributed by atoms with Crippen molar-refractivity contribution in [3.63, 3.8) is 0 Å². The van der Waals surface area contributed by atoms with Gasteiger partial charge >= 0.3 is 0 Å². The fourth-order valence-electron chi connectivity index (χ4n) is 3.58. The van der Waals surface area contributed by atoms with Gasteiger partial charge in [0.1, 0.15) is 0 Å². The van der Waals surface area contributed by atoms with Crippen LogP contribution in [0.2, 0.25) is 15.1 Å². The van der Waals surface area contributed by atoms with Crippen LogP contribution in [0.5, 0.6) is 5.75 Å². The van der Waals surface area contributed by atoms with E-state index < -0.39 is 11.7 Å². The van der Waals surface area contributed by atoms with E-state index in [9.17, 15) is 15.3 Å². The zero-order valence-electron chi connectivity index (χ0n) is 14.9. The largest absolute Gasteiger partial charge is 0.505 e. The molecule has 0 amide bonds. The zero-order chi connectivity index (χ0) is 19.8. The summed E-state index contributed by atoms with van der Waals surface area (Å²) in [6.07, 6.45) is 0.299. The van der Waals surface area contributed by atoms with Crippen LogP contribution in [0.4, 0.5) is 0 Å². The second-order valence-corrected chi connectivity index (χ2v) is 8.34. The number of likely N-dealkylation sites (tertiary alicyclic amines) is 1. The van der Waals surface area contributed by atoms with Gasteiger partial charge in [-0.3, -0.25) is 4.90 Å². The molecule has 0 aliphatic carbocycles. The second-order valence-electron chi connectivity index (χ2n) is 7.09. The van der Waals surface area contributed by atoms with Crippen molar-refractivity contribution in [2.24, 2.45) is 0 Å². The van der Waals surface area contributed by atoms with E-state index in [4.69, 9.17) is 34.8 Å². The molecular weight excluding hydrogens is 409 g/mol. The first-order valence-electron chi connectivity index (χ1n) is 8.80. The van der Waals surface area contributed by atoms with E-state index in [-0.39, 0.29) is 21.8 Å². The van der Waals surface area contributed by atoms with Gasteiger partial charge in [0.15, 0.2) is 5.75 Å². The average molecular weight is 431 g/mol. The van der Waals surface area contributed by atoms with Crippen molar-refractivity contribution in [3.05, 3.63) is 62.6 Å². The maximum absolute atomic E-state index is 11.0. The first kappa shape index (κ1) is 20.7. The fourth-order valence-corrected chi connectivity index (χ4v) is 4.21. The predicted molar refractivity (Wildman–Crippen MR) is 109 cm³/mol. The van der Waals surface area contributed by atoms with Crippen molar-refractivity contribution in [1.82, 2.24) is 4.90 Å². The van der Waals surface area contributed by atoms with Crippen LogP contribution in [0.25, 0.3) is 0 Å². The number of aliphatic hydroxyl groups excluding tert-OH is 1. The van der Waals surface area contributed by atoms with E-state index in [1.807, 2.05) is 19.1 Å². The van der Waals surface area contributed by atoms with E-state index >= 15 is 0 Å². The number of nitrogens with zero attached hydrogens (tertiary/aromatic N) is 1. The van der Waals surface area contributed by atoms with Crippen LogP contribution in [-0.4, -0.2) is 39.4 Å². The van der Waals surface area contributed by atoms with Crippen molar-refractivity contribution in [3.8, 4) is 5.75 Å². The molecule has 1 aliphatic heterocycles. The van der Waals surface area contributed by atoms with Gasteiger partial charge in [-0.1, -0.05) is 46.9 Å². The molecule has 7 heteroatoms. The molecular formula is C20H22Cl3NO3. The summed E-state index contributed by atoms with van der Waals surface area (Å²) in [5.41, 5.74) is 0.516. The highest BCUT2D eigenvalue weighted by atomic mass is 35.5. The summed E-state index contributed by atoms with van der Waals surface area (Å²) in [6, 6.07) is 10.1. The number of halogens is 3. The zero-order valence-corrected chi connectivity index (χ0v) is 17.1. The number of hydrogen-bond donors (Lipinski definition) is 3. The first-order chi connectivity index (χ1) is 12.7. The predicted octanol–water partition coefficient (Wildman–Crippen LogP) is 4.76. The number of benzene rings is 2. The molecule has 1 fully saturated rings. The van der Waals surface area contributed by atoms with Gasteiger partial charge in [-0.2, -0.15) is 0 Å². The van der Waals surface area contributed by atoms with Crippen LogP contribution < -0.4 is 0 Å². The summed E-state index contributed by atoms with van der Waals surface area (Å²) in [7, 11) is 0. The summed E-state index contributed by atoms with van der Waals surface area (Å²) >= 11 is 17.9. The van der Waals surface area contributed by atoms with E-state index in [1.165, 1.54) is 12.1 Å². The van der Waals surface area contributed by atoms with Gasteiger partial charge in [-0.05, 0) is 55.2 Å². The lowest BCUT2D eigenvalue weighted by molar-refractivity contribution is -0.0501. The maximum Gasteiger partial charge on any atom is 0.152 e. The monoisotopic (exact) mass is 429 g/mol. The Balaban J connectivity index is 1.69. The van der Waals surface area contributed by atoms with E-state index in [0.29, 0.717) is 36.5 Å². The summed E-state index contributed by atoms with van der Waals surface area (Å²) in [5, 5.41) is 32.3. The average Bonchev–Trinajstić information content (AvgIpc) is 2.65. The van der Waals surface area contributed by atoms with Crippen LogP contribution >= 0.6 is 34.8 Å². The molecule has 3 rings (SSSR count). The smallest absolute Gasteiger partial charge is 0.152 e. The van der Waals surface area contributed by atoms with Gasteiger partial charge in [0.05, 0.1) is 21.8 Å². The highest BCUT2D eigenvalue weighted by Crippen LogP contribution is 2.38. The third-order valence-corrected chi connectivity index (χ3v) is 6.25. The van der Waals surface area contributed by atoms with Crippen LogP contribution in [0, 0.1) is 0 Å². The molecule has 3 N–H and O–H groups in total. The van der Waals surface area contributed by atoms with Crippen LogP contribution in [-0.2, 0) is 5.60 Å². The highest BCUT2D eigenvalue weighted by molar-refractivity contribution is 6.37. The molecule has 146 valence electrons. The number of rotatable bonds is 4. The lowest BCUT2D eigenvalue weighted by Gasteiger charge is -2.42. The van der Waals surface area contributed by atoms with Gasteiger partial charge in [0.2, 0.25) is 0 Å². The van der Waals surface area contributed by atoms with Gasteiger partial charge < -0.3 is 15.3 Å². The Hall–Kier alpha value is -1.01. The first-order valence-corrected chi connectivity index (χ1v) is 9.93. The van der Waals surface area contributed by atoms with Gasteiger partial charge in [0.25, 0.3) is 0 Å². The Bertz CT molecular complexity index is 782. The molecule has 2 unspecified atom stereocenters. The number of aromatic hydroxyl groups is 1. The molecule has 2 aromatic carbocycles. The number of phenols is 1. The third kappa shape index (κ3) is 4.37. The Labute approximate surface area is 173 Å². The van der Waals surface area contributed by atoms with E-state index in [1.54, 1.807) is 12.1 Å². The standard InChI is InChI=1S/C20H22Cl3NO3/c1-12(18(25)13-10-16(22)19(26)17(23)11-13)24-8-6-20(27,7-9-24)14-2-4-15(21)5-3-14/h2-5,10-12,18,25-27H,6-9H2,1H3. The Morgan fingerprint density at radius 2 is 1.52 bits per heavy atom. The lowest BCUT2D eigenvalue weighted by atomic mass is 9.83. The van der Waals surface area contributed by atoms with E-state index in [2.05, 4.69) is 4.90 Å². The van der Waals surface area contributed by atoms with Crippen molar-refractivity contribution < 1.29 is 15.3 Å². The minimum Gasteiger partial charge on any atom is -0.505 e. The molecule has 4 nitrogen and oxygen atoms in total. The number of piperidine rings is 1. The minimum atomic E-state index is -0.892. The molecule has 0 spiro atoms. The molecule has 2 atom stereocenters. The summed E-state index contributed by atoms with van der Waals surface area (Å²) in [4.78, 5) is 2.13. The maximum atomic E-state index is 11.0. The normalized spacial score (nSPS) is 19.6. The molecule has 2 aromatic rings. The summed E-state index contributed by atoms with van der Waals surface area (Å²) < 4.78 is 0. The van der Waals surface area contributed by atoms with Crippen molar-refractivity contribution in [2.45, 2.75) is 37.5 Å². The van der Waals surface area contributed by atoms with Gasteiger partial charge in [0, 0.05) is 24.2 Å². The second kappa shape index (κ2) is 8.16. The van der Waals surface area contributed by atoms with Crippen molar-refractivity contribution in [1.29, 1.82) is 0 Å². The van der Waals surface area contributed by atoms with E-state index in [0.717, 1.165) is 5.56 Å². The number of aliphatic hydroxyl groups is 2. The van der Waals surface area contributed by atoms with Crippen LogP contribution in [0.1, 0.15) is 37.0 Å². The van der Waals surface area contributed by atoms with Crippen LogP contribution in [0.15, 0.2) is 36.4 Å². The molecule has 0 radical (unpaired) electrons. The minimum absolute atomic E-state index is 0.111. The number of phenolic OH excluding ortho intramolecular Hbond substituents is 1. The molecule has 0 saturated carbocycles. The third-order valence-electron chi connectivity index (χ3n) is 5.42. The van der Waals surface area contributed by atoms with Gasteiger partial charge in [-0.25, -0.2) is 0 Å². The Morgan fingerprint density at radius 1 is 1.00 bits per heavy atom. The summed E-state index contributed by atoms with van der Waals surface area (Å²) in [6.45, 7) is 3.19. The lowest BCUT2D eigenvalue weighted by Crippen LogP contribution is -2.47. The topological polar surface area (TPSA) is 63.9 Å². The number of hydrogen-bond acceptors (Lipinski definition) is 4. The SMILES string of the molecule is CC(C(O)c1cc(Cl)c(O)c(Cl)c1)N1CCC(O)(c2ccc(Cl)cc2)CC1. The van der Waals surface area contributed by atoms with Crippen molar-refractivity contribution >= 4 is 34.8 Å². The molecule has 27 heavy (non-hydrogen) atoms. The quantitative estimate of drug-likeness (QED) is 0.654. The fraction of sp³-hybridized carbons (Fsp3) is 0.400. The Morgan fingerprint density at radius 3 is 2.04 bits per heavy atom. The highest BCUT2D eigenvalue weighted by Gasteiger charge is 2.36. The summed E-state index contributed by atoms with van der Waals surface area (Å²) in [5.74, 6) is -0.187. The molecule has 1 heterocycles. The van der Waals surface area contributed by atoms with Crippen LogP contribution in [0.3, 0.4) is 0 Å².